The van der Waals surface area contributed by atoms with E-state index in [1.165, 1.54) is 0 Å². The average molecular weight is 804 g/mol. The monoisotopic (exact) mass is 804 g/mol. The van der Waals surface area contributed by atoms with E-state index >= 15 is 0 Å². The number of esters is 6. The first-order valence-corrected chi connectivity index (χ1v) is 12.4. The lowest BCUT2D eigenvalue weighted by Gasteiger charge is -2.22. The van der Waals surface area contributed by atoms with E-state index in [1.54, 1.807) is 0 Å². The van der Waals surface area contributed by atoms with Gasteiger partial charge >= 0.3 is 72.4 Å². The third kappa shape index (κ3) is 16.5. The molecule has 0 bridgehead atoms. The van der Waals surface area contributed by atoms with Gasteiger partial charge in [0.1, 0.15) is 26.4 Å². The molecule has 0 unspecified atom stereocenters. The molecular weight excluding hydrogens is 784 g/mol. The standard InChI is InChI=1S/C13H10F10O6.C11H10F6O6/c1-5(2)7(24)29-6(3-27-8(25)10(14,15)12(18,19)20)4-28-9(26)11(16,17)13(21,22)23;1-5(2)7(18)23-6(3-21-8(19)10(12,13)14)4-22-9(20)11(15,16)17/h6H,1,3-4H2,2H3;6H,1,3-4H2,2H3. The van der Waals surface area contributed by atoms with Crippen molar-refractivity contribution in [3.05, 3.63) is 24.3 Å². The summed E-state index contributed by atoms with van der Waals surface area (Å²) in [5, 5.41) is 0. The molecule has 12 nitrogen and oxygen atoms in total. The second kappa shape index (κ2) is 18.6. The van der Waals surface area contributed by atoms with E-state index in [-0.39, 0.29) is 5.57 Å². The van der Waals surface area contributed by atoms with Gasteiger partial charge in [0.25, 0.3) is 0 Å². The maximum absolute atomic E-state index is 12.7. The summed E-state index contributed by atoms with van der Waals surface area (Å²) >= 11 is 0. The Labute approximate surface area is 277 Å². The number of rotatable bonds is 14. The number of carbonyl (C=O) groups excluding carboxylic acids is 6. The summed E-state index contributed by atoms with van der Waals surface area (Å²) in [6.45, 7) is 2.28. The van der Waals surface area contributed by atoms with Gasteiger partial charge in [0, 0.05) is 11.1 Å². The number of alkyl halides is 16. The molecule has 0 rings (SSSR count). The van der Waals surface area contributed by atoms with Crippen molar-refractivity contribution in [2.45, 2.75) is 62.6 Å². The Bertz CT molecular complexity index is 1260. The molecule has 0 aliphatic heterocycles. The smallest absolute Gasteiger partial charge is 0.457 e. The molecule has 0 saturated heterocycles. The van der Waals surface area contributed by atoms with Gasteiger partial charge in [-0.3, -0.25) is 0 Å². The van der Waals surface area contributed by atoms with E-state index in [9.17, 15) is 99.0 Å². The number of halogens is 16. The Kier molecular flexibility index (Phi) is 17.6. The summed E-state index contributed by atoms with van der Waals surface area (Å²) in [6, 6.07) is 0. The molecule has 0 atom stereocenters. The fourth-order valence-corrected chi connectivity index (χ4v) is 1.99. The predicted molar refractivity (Wildman–Crippen MR) is 127 cm³/mol. The SMILES string of the molecule is C=C(C)C(=O)OC(COC(=O)C(F)(F)C(F)(F)F)COC(=O)C(F)(F)C(F)(F)F.C=C(C)C(=O)OC(COC(=O)C(F)(F)F)COC(=O)C(F)(F)F. The van der Waals surface area contributed by atoms with Crippen LogP contribution in [-0.2, 0) is 57.2 Å². The van der Waals surface area contributed by atoms with Crippen LogP contribution in [0, 0.1) is 0 Å². The number of carbonyl (C=O) groups is 6. The predicted octanol–water partition coefficient (Wildman–Crippen LogP) is 4.64. The lowest BCUT2D eigenvalue weighted by molar-refractivity contribution is -0.282. The second-order valence-corrected chi connectivity index (χ2v) is 9.15. The summed E-state index contributed by atoms with van der Waals surface area (Å²) in [6.07, 6.45) is -27.7. The summed E-state index contributed by atoms with van der Waals surface area (Å²) in [5.41, 5.74) is -0.687. The van der Waals surface area contributed by atoms with Gasteiger partial charge in [-0.25, -0.2) is 28.8 Å². The van der Waals surface area contributed by atoms with Gasteiger partial charge in [-0.1, -0.05) is 13.2 Å². The molecule has 28 heteroatoms. The first-order valence-electron chi connectivity index (χ1n) is 12.4. The molecule has 0 aromatic rings. The van der Waals surface area contributed by atoms with E-state index in [2.05, 4.69) is 41.6 Å². The highest BCUT2D eigenvalue weighted by Gasteiger charge is 2.66. The minimum atomic E-state index is -6.38. The molecule has 0 aromatic carbocycles. The van der Waals surface area contributed by atoms with Crippen molar-refractivity contribution in [2.24, 2.45) is 0 Å². The highest BCUT2D eigenvalue weighted by molar-refractivity contribution is 5.87. The van der Waals surface area contributed by atoms with Crippen LogP contribution < -0.4 is 0 Å². The molecule has 0 N–H and O–H groups in total. The van der Waals surface area contributed by atoms with E-state index in [1.807, 2.05) is 0 Å². The van der Waals surface area contributed by atoms with Gasteiger partial charge < -0.3 is 28.4 Å². The molecule has 0 spiro atoms. The zero-order chi connectivity index (χ0) is 41.8. The largest absolute Gasteiger partial charge is 0.490 e. The Balaban J connectivity index is 0. The first kappa shape index (κ1) is 49.3. The van der Waals surface area contributed by atoms with Crippen LogP contribution in [0.5, 0.6) is 0 Å². The minimum absolute atomic E-state index is 0.237. The lowest BCUT2D eigenvalue weighted by Crippen LogP contribution is -2.47. The van der Waals surface area contributed by atoms with Gasteiger partial charge in [0.15, 0.2) is 12.2 Å². The zero-order valence-electron chi connectivity index (χ0n) is 25.3. The normalized spacial score (nSPS) is 12.5. The first-order chi connectivity index (χ1) is 23.0. The van der Waals surface area contributed by atoms with Crippen LogP contribution in [0.4, 0.5) is 70.2 Å². The van der Waals surface area contributed by atoms with Crippen LogP contribution in [-0.4, -0.2) is 111 Å². The molecule has 0 fully saturated rings. The zero-order valence-corrected chi connectivity index (χ0v) is 25.3. The van der Waals surface area contributed by atoms with Crippen LogP contribution in [0.25, 0.3) is 0 Å². The van der Waals surface area contributed by atoms with Crippen molar-refractivity contribution in [2.75, 3.05) is 26.4 Å². The maximum atomic E-state index is 12.7. The van der Waals surface area contributed by atoms with Crippen LogP contribution in [0.1, 0.15) is 13.8 Å². The highest BCUT2D eigenvalue weighted by atomic mass is 19.4. The summed E-state index contributed by atoms with van der Waals surface area (Å²) in [4.78, 5) is 65.1. The van der Waals surface area contributed by atoms with Gasteiger partial charge in [-0.2, -0.15) is 70.2 Å². The highest BCUT2D eigenvalue weighted by Crippen LogP contribution is 2.37. The van der Waals surface area contributed by atoms with Gasteiger partial charge in [-0.15, -0.1) is 0 Å². The fourth-order valence-electron chi connectivity index (χ4n) is 1.99. The molecule has 0 aromatic heterocycles. The van der Waals surface area contributed by atoms with E-state index in [0.717, 1.165) is 13.8 Å². The van der Waals surface area contributed by atoms with Crippen LogP contribution in [0.3, 0.4) is 0 Å². The molecule has 300 valence electrons. The van der Waals surface area contributed by atoms with Crippen molar-refractivity contribution in [1.29, 1.82) is 0 Å². The molecule has 0 aliphatic carbocycles. The molecule has 0 heterocycles. The van der Waals surface area contributed by atoms with Gasteiger partial charge in [0.05, 0.1) is 0 Å². The van der Waals surface area contributed by atoms with Crippen LogP contribution in [0.15, 0.2) is 24.3 Å². The molecule has 52 heavy (non-hydrogen) atoms. The van der Waals surface area contributed by atoms with Crippen LogP contribution in [0.2, 0.25) is 0 Å². The maximum Gasteiger partial charge on any atom is 0.490 e. The summed E-state index contributed by atoms with van der Waals surface area (Å²) < 4.78 is 218. The van der Waals surface area contributed by atoms with E-state index in [0.29, 0.717) is 0 Å². The minimum Gasteiger partial charge on any atom is -0.457 e. The van der Waals surface area contributed by atoms with Gasteiger partial charge in [0.2, 0.25) is 0 Å². The molecular formula is C24H20F16O12. The average Bonchev–Trinajstić information content (AvgIpc) is 2.96. The van der Waals surface area contributed by atoms with Crippen molar-refractivity contribution < 1.29 is 127 Å². The number of hydrogen-bond acceptors (Lipinski definition) is 12. The molecule has 0 saturated carbocycles. The number of ether oxygens (including phenoxy) is 6. The van der Waals surface area contributed by atoms with Crippen molar-refractivity contribution in [3.8, 4) is 0 Å². The Morgan fingerprint density at radius 2 is 0.654 bits per heavy atom. The van der Waals surface area contributed by atoms with Crippen LogP contribution >= 0.6 is 0 Å². The molecule has 0 radical (unpaired) electrons. The Morgan fingerprint density at radius 1 is 0.442 bits per heavy atom. The quantitative estimate of drug-likeness (QED) is 0.104. The van der Waals surface area contributed by atoms with Gasteiger partial charge in [-0.05, 0) is 13.8 Å². The lowest BCUT2D eigenvalue weighted by atomic mass is 10.3. The summed E-state index contributed by atoms with van der Waals surface area (Å²) in [7, 11) is 0. The molecule has 0 amide bonds. The number of hydrogen-bond donors (Lipinski definition) is 0. The Morgan fingerprint density at radius 3 is 0.827 bits per heavy atom. The van der Waals surface area contributed by atoms with E-state index < -0.39 is 117 Å². The fraction of sp³-hybridized carbons (Fsp3) is 0.583. The second-order valence-electron chi connectivity index (χ2n) is 9.15. The third-order valence-corrected chi connectivity index (χ3v) is 4.53. The van der Waals surface area contributed by atoms with Crippen molar-refractivity contribution in [3.63, 3.8) is 0 Å². The van der Waals surface area contributed by atoms with E-state index in [4.69, 9.17) is 0 Å². The Hall–Kier alpha value is -4.82. The molecule has 0 aliphatic rings. The summed E-state index contributed by atoms with van der Waals surface area (Å²) in [5.74, 6) is -26.4. The topological polar surface area (TPSA) is 158 Å². The third-order valence-electron chi connectivity index (χ3n) is 4.53. The van der Waals surface area contributed by atoms with Crippen molar-refractivity contribution in [1.82, 2.24) is 0 Å². The van der Waals surface area contributed by atoms with Crippen molar-refractivity contribution >= 4 is 35.8 Å².